The van der Waals surface area contributed by atoms with Crippen molar-refractivity contribution in [2.75, 3.05) is 21.3 Å². The van der Waals surface area contributed by atoms with Gasteiger partial charge in [0, 0.05) is 31.1 Å². The first kappa shape index (κ1) is 24.1. The van der Waals surface area contributed by atoms with Crippen molar-refractivity contribution in [1.82, 2.24) is 0 Å². The zero-order valence-electron chi connectivity index (χ0n) is 20.2. The molecule has 2 saturated heterocycles. The molecule has 2 aromatic carbocycles. The second-order valence-corrected chi connectivity index (χ2v) is 9.56. The summed E-state index contributed by atoms with van der Waals surface area (Å²) in [6, 6.07) is 11.1. The van der Waals surface area contributed by atoms with Crippen LogP contribution in [-0.4, -0.2) is 61.0 Å². The third-order valence-electron chi connectivity index (χ3n) is 7.50. The lowest BCUT2D eigenvalue weighted by molar-refractivity contribution is -0.902. The predicted molar refractivity (Wildman–Crippen MR) is 129 cm³/mol. The van der Waals surface area contributed by atoms with Gasteiger partial charge in [0.2, 0.25) is 0 Å². The van der Waals surface area contributed by atoms with Gasteiger partial charge >= 0.3 is 11.9 Å². The number of carbonyl (C=O) groups excluding carboxylic acids is 1. The van der Waals surface area contributed by atoms with Gasteiger partial charge < -0.3 is 19.3 Å². The van der Waals surface area contributed by atoms with Gasteiger partial charge in [-0.25, -0.2) is 0 Å². The number of methoxy groups -OCH3 is 2. The summed E-state index contributed by atoms with van der Waals surface area (Å²) in [4.78, 5) is 22.7. The molecule has 0 amide bonds. The molecule has 1 N–H and O–H groups in total. The maximum Gasteiger partial charge on any atom is 0.306 e. The summed E-state index contributed by atoms with van der Waals surface area (Å²) >= 11 is 0. The molecule has 182 valence electrons. The first-order chi connectivity index (χ1) is 16.3. The van der Waals surface area contributed by atoms with Crippen LogP contribution in [0.2, 0.25) is 0 Å². The summed E-state index contributed by atoms with van der Waals surface area (Å²) < 4.78 is 17.5. The first-order valence-electron chi connectivity index (χ1n) is 11.9. The molecule has 2 aromatic rings. The quantitative estimate of drug-likeness (QED) is 0.432. The Morgan fingerprint density at radius 2 is 1.79 bits per heavy atom. The molecule has 2 heterocycles. The molecule has 2 bridgehead atoms. The van der Waals surface area contributed by atoms with Crippen LogP contribution in [0.1, 0.15) is 44.1 Å². The number of nitrogens with zero attached hydrogens (tertiary/aromatic N) is 1. The Hall–Kier alpha value is -3.06. The van der Waals surface area contributed by atoms with Crippen LogP contribution in [0.15, 0.2) is 42.6 Å². The van der Waals surface area contributed by atoms with Gasteiger partial charge in [-0.2, -0.15) is 0 Å². The number of quaternary nitrogens is 1. The zero-order valence-corrected chi connectivity index (χ0v) is 20.2. The number of allylic oxidation sites excluding steroid dienone is 1. The summed E-state index contributed by atoms with van der Waals surface area (Å²) in [5.41, 5.74) is 1.19. The highest BCUT2D eigenvalue weighted by molar-refractivity contribution is 5.90. The largest absolute Gasteiger partial charge is 0.497 e. The highest BCUT2D eigenvalue weighted by Gasteiger charge is 2.51. The minimum absolute atomic E-state index is 0.0603. The maximum atomic E-state index is 12.0. The average Bonchev–Trinajstić information content (AvgIpc) is 2.98. The van der Waals surface area contributed by atoms with Crippen LogP contribution in [0.4, 0.5) is 0 Å². The van der Waals surface area contributed by atoms with E-state index in [9.17, 15) is 9.59 Å². The number of carboxylic acids is 1. The van der Waals surface area contributed by atoms with E-state index in [0.717, 1.165) is 58.9 Å². The summed E-state index contributed by atoms with van der Waals surface area (Å²) in [5.74, 6) is 0.272. The van der Waals surface area contributed by atoms with Gasteiger partial charge in [-0.3, -0.25) is 14.1 Å². The van der Waals surface area contributed by atoms with E-state index in [1.807, 2.05) is 12.1 Å². The Labute approximate surface area is 200 Å². The standard InChI is InChI=1S/C27H33NO6/c1-28(20-7-8-21(28)16-23(15-20)34-27(31)11-10-26(29)30)12-4-5-18-13-19-6-9-22(32-2)17-24(19)25(14-18)33-3/h4,6,9,12-14,17,20-21,23H,5,7-8,10-11,15-16H2,1-3H3/p+1. The van der Waals surface area contributed by atoms with Crippen molar-refractivity contribution in [2.24, 2.45) is 0 Å². The number of piperidine rings is 1. The number of hydrogen-bond donors (Lipinski definition) is 1. The molecule has 0 aliphatic carbocycles. The fraction of sp³-hybridized carbons (Fsp3) is 0.481. The molecule has 2 unspecified atom stereocenters. The second kappa shape index (κ2) is 10.1. The number of ether oxygens (including phenoxy) is 3. The number of benzene rings is 2. The Kier molecular flexibility index (Phi) is 7.12. The van der Waals surface area contributed by atoms with E-state index >= 15 is 0 Å². The normalized spacial score (nSPS) is 26.0. The minimum Gasteiger partial charge on any atom is -0.497 e. The van der Waals surface area contributed by atoms with Gasteiger partial charge in [-0.1, -0.05) is 12.1 Å². The van der Waals surface area contributed by atoms with E-state index in [4.69, 9.17) is 19.3 Å². The molecule has 0 saturated carbocycles. The highest BCUT2D eigenvalue weighted by Crippen LogP contribution is 2.43. The van der Waals surface area contributed by atoms with Crippen LogP contribution in [0, 0.1) is 0 Å². The number of carbonyl (C=O) groups is 2. The predicted octanol–water partition coefficient (Wildman–Crippen LogP) is 4.46. The smallest absolute Gasteiger partial charge is 0.306 e. The van der Waals surface area contributed by atoms with Gasteiger partial charge in [0.05, 0.1) is 52.4 Å². The molecule has 7 nitrogen and oxygen atoms in total. The van der Waals surface area contributed by atoms with Gasteiger partial charge in [-0.05, 0) is 41.6 Å². The molecule has 2 atom stereocenters. The van der Waals surface area contributed by atoms with Crippen LogP contribution in [-0.2, 0) is 20.7 Å². The Bertz CT molecular complexity index is 1080. The van der Waals surface area contributed by atoms with E-state index in [1.54, 1.807) is 14.2 Å². The van der Waals surface area contributed by atoms with Crippen molar-refractivity contribution in [3.8, 4) is 11.5 Å². The molecule has 0 aromatic heterocycles. The molecule has 0 radical (unpaired) electrons. The Balaban J connectivity index is 1.42. The molecule has 34 heavy (non-hydrogen) atoms. The van der Waals surface area contributed by atoms with E-state index in [0.29, 0.717) is 12.1 Å². The SMILES string of the molecule is COc1ccc2cc(CC=C[N+]3(C)C4CCC3CC(OC(=O)CCC(=O)O)C4)cc(OC)c2c1. The van der Waals surface area contributed by atoms with Crippen molar-refractivity contribution < 1.29 is 33.4 Å². The van der Waals surface area contributed by atoms with Crippen molar-refractivity contribution >= 4 is 22.7 Å². The first-order valence-corrected chi connectivity index (χ1v) is 11.9. The van der Waals surface area contributed by atoms with E-state index < -0.39 is 11.9 Å². The van der Waals surface area contributed by atoms with Gasteiger partial charge in [0.25, 0.3) is 0 Å². The monoisotopic (exact) mass is 468 g/mol. The van der Waals surface area contributed by atoms with Crippen molar-refractivity contribution in [1.29, 1.82) is 0 Å². The topological polar surface area (TPSA) is 82.1 Å². The lowest BCUT2D eigenvalue weighted by atomic mass is 9.97. The van der Waals surface area contributed by atoms with Crippen LogP contribution in [0.25, 0.3) is 10.8 Å². The van der Waals surface area contributed by atoms with E-state index in [1.165, 1.54) is 5.56 Å². The van der Waals surface area contributed by atoms with Gasteiger partial charge in [-0.15, -0.1) is 0 Å². The van der Waals surface area contributed by atoms with Crippen molar-refractivity contribution in [3.63, 3.8) is 0 Å². The molecule has 4 rings (SSSR count). The van der Waals surface area contributed by atoms with Crippen molar-refractivity contribution in [3.05, 3.63) is 48.2 Å². The Morgan fingerprint density at radius 3 is 2.44 bits per heavy atom. The summed E-state index contributed by atoms with van der Waals surface area (Å²) in [7, 11) is 5.63. The molecular formula is C27H34NO6+. The number of hydrogen-bond acceptors (Lipinski definition) is 5. The lowest BCUT2D eigenvalue weighted by Gasteiger charge is -2.44. The van der Waals surface area contributed by atoms with Crippen LogP contribution in [0.5, 0.6) is 11.5 Å². The van der Waals surface area contributed by atoms with E-state index in [-0.39, 0.29) is 18.9 Å². The van der Waals surface area contributed by atoms with Crippen LogP contribution in [0.3, 0.4) is 0 Å². The third-order valence-corrected chi connectivity index (χ3v) is 7.50. The van der Waals surface area contributed by atoms with Gasteiger partial charge in [0.15, 0.2) is 0 Å². The highest BCUT2D eigenvalue weighted by atomic mass is 16.5. The van der Waals surface area contributed by atoms with Crippen LogP contribution >= 0.6 is 0 Å². The maximum absolute atomic E-state index is 12.0. The number of esters is 1. The Morgan fingerprint density at radius 1 is 1.06 bits per heavy atom. The fourth-order valence-electron chi connectivity index (χ4n) is 5.62. The number of rotatable bonds is 9. The fourth-order valence-corrected chi connectivity index (χ4v) is 5.62. The third kappa shape index (κ3) is 5.04. The summed E-state index contributed by atoms with van der Waals surface area (Å²) in [6.45, 7) is 0. The lowest BCUT2D eigenvalue weighted by Crippen LogP contribution is -2.55. The molecule has 2 fully saturated rings. The van der Waals surface area contributed by atoms with Crippen molar-refractivity contribution in [2.45, 2.75) is 63.1 Å². The second-order valence-electron chi connectivity index (χ2n) is 9.56. The minimum atomic E-state index is -0.973. The molecular weight excluding hydrogens is 434 g/mol. The number of carboxylic acid groups (broad SMARTS) is 1. The average molecular weight is 469 g/mol. The van der Waals surface area contributed by atoms with Crippen LogP contribution < -0.4 is 9.47 Å². The summed E-state index contributed by atoms with van der Waals surface area (Å²) in [6.07, 6.45) is 8.88. The zero-order chi connectivity index (χ0) is 24.3. The number of fused-ring (bicyclic) bond motifs is 3. The van der Waals surface area contributed by atoms with Gasteiger partial charge in [0.1, 0.15) is 17.6 Å². The molecule has 2 aliphatic rings. The number of aliphatic carboxylic acids is 1. The van der Waals surface area contributed by atoms with E-state index in [2.05, 4.69) is 37.5 Å². The molecule has 2 aliphatic heterocycles. The molecule has 7 heteroatoms. The molecule has 0 spiro atoms. The summed E-state index contributed by atoms with van der Waals surface area (Å²) in [5, 5.41) is 10.9.